The van der Waals surface area contributed by atoms with Crippen LogP contribution < -0.4 is 15.6 Å². The van der Waals surface area contributed by atoms with Crippen LogP contribution in [0.25, 0.3) is 10.9 Å². The van der Waals surface area contributed by atoms with Gasteiger partial charge in [0.05, 0.1) is 12.6 Å². The highest BCUT2D eigenvalue weighted by atomic mass is 16.5. The van der Waals surface area contributed by atoms with Gasteiger partial charge in [0.15, 0.2) is 0 Å². The molecule has 18 heavy (non-hydrogen) atoms. The lowest BCUT2D eigenvalue weighted by Crippen LogP contribution is -2.45. The summed E-state index contributed by atoms with van der Waals surface area (Å²) in [5, 5.41) is 4.30. The summed E-state index contributed by atoms with van der Waals surface area (Å²) in [6.07, 6.45) is 0. The van der Waals surface area contributed by atoms with Crippen molar-refractivity contribution < 1.29 is 4.74 Å². The predicted octanol–water partition coefficient (Wildman–Crippen LogP) is 1.23. The first-order valence-corrected chi connectivity index (χ1v) is 6.16. The zero-order chi connectivity index (χ0) is 12.5. The predicted molar refractivity (Wildman–Crippen MR) is 71.1 cm³/mol. The molecule has 2 aromatic rings. The van der Waals surface area contributed by atoms with E-state index in [0.717, 1.165) is 36.3 Å². The molecule has 1 fully saturated rings. The highest BCUT2D eigenvalue weighted by Crippen LogP contribution is 2.20. The molecule has 0 unspecified atom stereocenters. The van der Waals surface area contributed by atoms with Gasteiger partial charge in [-0.05, 0) is 23.6 Å². The van der Waals surface area contributed by atoms with Crippen molar-refractivity contribution in [3.63, 3.8) is 0 Å². The van der Waals surface area contributed by atoms with Crippen LogP contribution in [0.4, 0.5) is 0 Å². The second-order valence-corrected chi connectivity index (χ2v) is 4.73. The molecule has 94 valence electrons. The Kier molecular flexibility index (Phi) is 2.80. The lowest BCUT2D eigenvalue weighted by Gasteiger charge is -2.28. The Balaban J connectivity index is 2.12. The molecule has 1 aromatic heterocycles. The molecule has 1 saturated heterocycles. The number of pyridine rings is 1. The molecule has 3 rings (SSSR count). The van der Waals surface area contributed by atoms with Crippen LogP contribution in [-0.2, 0) is 6.54 Å². The van der Waals surface area contributed by atoms with Crippen molar-refractivity contribution in [2.75, 3.05) is 20.2 Å². The molecule has 2 heterocycles. The molecular formula is C14H16N2O2. The van der Waals surface area contributed by atoms with Crippen molar-refractivity contribution in [3.8, 4) is 5.75 Å². The van der Waals surface area contributed by atoms with E-state index in [0.29, 0.717) is 5.92 Å². The average molecular weight is 244 g/mol. The largest absolute Gasteiger partial charge is 0.497 e. The van der Waals surface area contributed by atoms with Crippen LogP contribution in [0.15, 0.2) is 35.1 Å². The molecule has 0 atom stereocenters. The minimum atomic E-state index is 0.0580. The lowest BCUT2D eigenvalue weighted by atomic mass is 10.0. The number of ether oxygens (including phenoxy) is 1. The van der Waals surface area contributed by atoms with Crippen molar-refractivity contribution >= 4 is 10.9 Å². The zero-order valence-corrected chi connectivity index (χ0v) is 10.3. The standard InChI is InChI=1S/C14H16N2O2/c1-18-12-4-2-11-3-5-14(17)16(13(11)6-12)9-10-7-15-8-10/h2-6,10,15H,7-9H2,1H3. The summed E-state index contributed by atoms with van der Waals surface area (Å²) in [6, 6.07) is 9.35. The molecule has 1 aliphatic rings. The zero-order valence-electron chi connectivity index (χ0n) is 10.3. The van der Waals surface area contributed by atoms with Crippen molar-refractivity contribution in [1.82, 2.24) is 9.88 Å². The Morgan fingerprint density at radius 2 is 2.11 bits per heavy atom. The summed E-state index contributed by atoms with van der Waals surface area (Å²) in [7, 11) is 1.64. The number of rotatable bonds is 3. The monoisotopic (exact) mass is 244 g/mol. The average Bonchev–Trinajstić information content (AvgIpc) is 2.35. The molecule has 0 aliphatic carbocycles. The lowest BCUT2D eigenvalue weighted by molar-refractivity contribution is 0.307. The van der Waals surface area contributed by atoms with E-state index in [1.54, 1.807) is 13.2 Å². The number of hydrogen-bond donors (Lipinski definition) is 1. The van der Waals surface area contributed by atoms with Gasteiger partial charge in [-0.15, -0.1) is 0 Å². The van der Waals surface area contributed by atoms with E-state index in [4.69, 9.17) is 4.74 Å². The van der Waals surface area contributed by atoms with Crippen LogP contribution in [0.3, 0.4) is 0 Å². The van der Waals surface area contributed by atoms with Crippen molar-refractivity contribution in [2.24, 2.45) is 5.92 Å². The third-order valence-corrected chi connectivity index (χ3v) is 3.51. The molecule has 1 aromatic carbocycles. The van der Waals surface area contributed by atoms with Gasteiger partial charge in [-0.2, -0.15) is 0 Å². The van der Waals surface area contributed by atoms with E-state index >= 15 is 0 Å². The number of methoxy groups -OCH3 is 1. The molecule has 1 aliphatic heterocycles. The number of hydrogen-bond acceptors (Lipinski definition) is 3. The molecule has 0 radical (unpaired) electrons. The number of nitrogens with zero attached hydrogens (tertiary/aromatic N) is 1. The molecule has 1 N–H and O–H groups in total. The molecule has 0 bridgehead atoms. The number of benzene rings is 1. The summed E-state index contributed by atoms with van der Waals surface area (Å²) in [5.41, 5.74) is 1.01. The van der Waals surface area contributed by atoms with Gasteiger partial charge in [0, 0.05) is 37.7 Å². The third-order valence-electron chi connectivity index (χ3n) is 3.51. The molecule has 0 spiro atoms. The maximum atomic E-state index is 12.0. The first kappa shape index (κ1) is 11.3. The molecule has 4 heteroatoms. The molecule has 0 amide bonds. The molecular weight excluding hydrogens is 228 g/mol. The van der Waals surface area contributed by atoms with Crippen molar-refractivity contribution in [1.29, 1.82) is 0 Å². The van der Waals surface area contributed by atoms with E-state index in [1.165, 1.54) is 0 Å². The second-order valence-electron chi connectivity index (χ2n) is 4.73. The maximum Gasteiger partial charge on any atom is 0.251 e. The first-order chi connectivity index (χ1) is 8.78. The Morgan fingerprint density at radius 3 is 2.78 bits per heavy atom. The van der Waals surface area contributed by atoms with Gasteiger partial charge in [0.2, 0.25) is 0 Å². The molecule has 0 saturated carbocycles. The van der Waals surface area contributed by atoms with Gasteiger partial charge in [-0.1, -0.05) is 0 Å². The van der Waals surface area contributed by atoms with E-state index in [2.05, 4.69) is 5.32 Å². The maximum absolute atomic E-state index is 12.0. The SMILES string of the molecule is COc1ccc2ccc(=O)n(CC3CNC3)c2c1. The Labute approximate surface area is 105 Å². The van der Waals surface area contributed by atoms with Crippen molar-refractivity contribution in [2.45, 2.75) is 6.54 Å². The summed E-state index contributed by atoms with van der Waals surface area (Å²) >= 11 is 0. The van der Waals surface area contributed by atoms with Crippen LogP contribution in [0.2, 0.25) is 0 Å². The van der Waals surface area contributed by atoms with Gasteiger partial charge in [0.25, 0.3) is 5.56 Å². The topological polar surface area (TPSA) is 43.3 Å². The van der Waals surface area contributed by atoms with Crippen LogP contribution >= 0.6 is 0 Å². The third kappa shape index (κ3) is 1.88. The minimum Gasteiger partial charge on any atom is -0.497 e. The fraction of sp³-hybridized carbons (Fsp3) is 0.357. The number of nitrogens with one attached hydrogen (secondary N) is 1. The summed E-state index contributed by atoms with van der Waals surface area (Å²) in [4.78, 5) is 12.0. The van der Waals surface area contributed by atoms with Crippen molar-refractivity contribution in [3.05, 3.63) is 40.7 Å². The second kappa shape index (κ2) is 4.46. The van der Waals surface area contributed by atoms with E-state index in [1.807, 2.05) is 28.8 Å². The molecule has 4 nitrogen and oxygen atoms in total. The van der Waals surface area contributed by atoms with E-state index in [-0.39, 0.29) is 5.56 Å². The van der Waals surface area contributed by atoms with Gasteiger partial charge in [-0.25, -0.2) is 0 Å². The van der Waals surface area contributed by atoms with Crippen LogP contribution in [0.1, 0.15) is 0 Å². The summed E-state index contributed by atoms with van der Waals surface area (Å²) in [6.45, 7) is 2.76. The Bertz CT molecular complexity index is 629. The normalized spacial score (nSPS) is 15.6. The smallest absolute Gasteiger partial charge is 0.251 e. The van der Waals surface area contributed by atoms with Gasteiger partial charge in [0.1, 0.15) is 5.75 Å². The Hall–Kier alpha value is -1.81. The van der Waals surface area contributed by atoms with E-state index in [9.17, 15) is 4.79 Å². The highest BCUT2D eigenvalue weighted by Gasteiger charge is 2.18. The van der Waals surface area contributed by atoms with Gasteiger partial charge < -0.3 is 14.6 Å². The van der Waals surface area contributed by atoms with Crippen LogP contribution in [-0.4, -0.2) is 24.8 Å². The number of aromatic nitrogens is 1. The minimum absolute atomic E-state index is 0.0580. The summed E-state index contributed by atoms with van der Waals surface area (Å²) in [5.74, 6) is 1.34. The van der Waals surface area contributed by atoms with E-state index < -0.39 is 0 Å². The fourth-order valence-corrected chi connectivity index (χ4v) is 2.32. The van der Waals surface area contributed by atoms with Crippen LogP contribution in [0.5, 0.6) is 5.75 Å². The number of fused-ring (bicyclic) bond motifs is 1. The van der Waals surface area contributed by atoms with Gasteiger partial charge in [-0.3, -0.25) is 4.79 Å². The van der Waals surface area contributed by atoms with Gasteiger partial charge >= 0.3 is 0 Å². The first-order valence-electron chi connectivity index (χ1n) is 6.16. The fourth-order valence-electron chi connectivity index (χ4n) is 2.32. The van der Waals surface area contributed by atoms with Crippen LogP contribution in [0, 0.1) is 5.92 Å². The summed E-state index contributed by atoms with van der Waals surface area (Å²) < 4.78 is 7.09. The Morgan fingerprint density at radius 1 is 1.33 bits per heavy atom. The highest BCUT2D eigenvalue weighted by molar-refractivity contribution is 5.80. The quantitative estimate of drug-likeness (QED) is 0.883.